The Labute approximate surface area is 163 Å². The fourth-order valence-corrected chi connectivity index (χ4v) is 3.95. The predicted octanol–water partition coefficient (Wildman–Crippen LogP) is 1.62. The number of benzene rings is 1. The summed E-state index contributed by atoms with van der Waals surface area (Å²) in [6, 6.07) is 5.99. The average Bonchev–Trinajstić information content (AvgIpc) is 3.52. The van der Waals surface area contributed by atoms with Gasteiger partial charge in [0.25, 0.3) is 0 Å². The van der Waals surface area contributed by atoms with Crippen molar-refractivity contribution in [1.82, 2.24) is 4.72 Å². The van der Waals surface area contributed by atoms with Crippen LogP contribution in [-0.4, -0.2) is 40.6 Å². The molecule has 0 spiro atoms. The van der Waals surface area contributed by atoms with Crippen LogP contribution in [0, 0.1) is 0 Å². The van der Waals surface area contributed by atoms with Gasteiger partial charge in [0.2, 0.25) is 10.0 Å². The molecule has 0 unspecified atom stereocenters. The van der Waals surface area contributed by atoms with Crippen molar-refractivity contribution in [3.63, 3.8) is 0 Å². The van der Waals surface area contributed by atoms with Gasteiger partial charge in [-0.1, -0.05) is 6.08 Å². The van der Waals surface area contributed by atoms with Gasteiger partial charge in [0.1, 0.15) is 5.70 Å². The van der Waals surface area contributed by atoms with Crippen molar-refractivity contribution < 1.29 is 27.5 Å². The van der Waals surface area contributed by atoms with Crippen LogP contribution in [0.3, 0.4) is 0 Å². The van der Waals surface area contributed by atoms with Crippen LogP contribution in [-0.2, 0) is 29.1 Å². The molecule has 1 heterocycles. The Morgan fingerprint density at radius 1 is 1.04 bits per heavy atom. The van der Waals surface area contributed by atoms with Gasteiger partial charge < -0.3 is 14.4 Å². The average molecular weight is 404 g/mol. The molecular weight excluding hydrogens is 384 g/mol. The van der Waals surface area contributed by atoms with Crippen LogP contribution in [0.4, 0.5) is 5.69 Å². The first-order chi connectivity index (χ1) is 13.4. The lowest BCUT2D eigenvalue weighted by Gasteiger charge is -2.23. The van der Waals surface area contributed by atoms with E-state index in [1.165, 1.54) is 37.3 Å². The van der Waals surface area contributed by atoms with E-state index in [0.717, 1.165) is 12.8 Å². The summed E-state index contributed by atoms with van der Waals surface area (Å²) in [6.45, 7) is 0. The van der Waals surface area contributed by atoms with Crippen molar-refractivity contribution in [3.8, 4) is 0 Å². The number of sulfonamides is 1. The van der Waals surface area contributed by atoms with E-state index in [4.69, 9.17) is 9.47 Å². The molecule has 0 radical (unpaired) electrons. The van der Waals surface area contributed by atoms with Gasteiger partial charge in [-0.2, -0.15) is 0 Å². The van der Waals surface area contributed by atoms with Crippen LogP contribution < -0.4 is 9.62 Å². The van der Waals surface area contributed by atoms with Crippen LogP contribution >= 0.6 is 0 Å². The second-order valence-corrected chi connectivity index (χ2v) is 7.92. The van der Waals surface area contributed by atoms with Crippen LogP contribution in [0.5, 0.6) is 0 Å². The number of allylic oxidation sites excluding steroid dienone is 2. The zero-order valence-electron chi connectivity index (χ0n) is 15.4. The van der Waals surface area contributed by atoms with Crippen molar-refractivity contribution in [2.24, 2.45) is 0 Å². The molecule has 148 valence electrons. The molecule has 1 fully saturated rings. The molecule has 0 amide bonds. The predicted molar refractivity (Wildman–Crippen MR) is 102 cm³/mol. The lowest BCUT2D eigenvalue weighted by molar-refractivity contribution is -0.139. The number of carbonyl (C=O) groups is 2. The molecular formula is C19H20N2O6S. The van der Waals surface area contributed by atoms with Crippen LogP contribution in [0.1, 0.15) is 12.8 Å². The number of nitrogens with one attached hydrogen (secondary N) is 1. The zero-order chi connectivity index (χ0) is 20.3. The summed E-state index contributed by atoms with van der Waals surface area (Å²) in [6.07, 6.45) is 7.93. The molecule has 1 N–H and O–H groups in total. The fraction of sp³-hybridized carbons (Fsp3) is 0.263. The molecule has 1 aliphatic carbocycles. The first-order valence-electron chi connectivity index (χ1n) is 8.55. The molecule has 0 aromatic heterocycles. The Bertz CT molecular complexity index is 972. The number of hydrogen-bond acceptors (Lipinski definition) is 7. The Hall–Kier alpha value is -2.91. The largest absolute Gasteiger partial charge is 0.465 e. The number of methoxy groups -OCH3 is 2. The van der Waals surface area contributed by atoms with E-state index in [9.17, 15) is 18.0 Å². The standard InChI is InChI=1S/C19H20N2O6S/c1-26-18(22)16-5-3-4-12-21(17(16)19(23)27-2)14-8-10-15(11-9-14)28(24,25)20-13-6-7-13/h3-5,8-13,20H,6-7H2,1-2H3. The topological polar surface area (TPSA) is 102 Å². The first kappa shape index (κ1) is 19.8. The molecule has 1 aromatic rings. The molecule has 3 rings (SSSR count). The highest BCUT2D eigenvalue weighted by molar-refractivity contribution is 7.89. The molecule has 2 aliphatic rings. The Kier molecular flexibility index (Phi) is 5.66. The highest BCUT2D eigenvalue weighted by Gasteiger charge is 2.29. The SMILES string of the molecule is COC(=O)C1=C(C(=O)OC)N(c2ccc(S(=O)(=O)NC3CC3)cc2)C=CC=C1. The van der Waals surface area contributed by atoms with Gasteiger partial charge in [0.05, 0.1) is 24.7 Å². The van der Waals surface area contributed by atoms with Gasteiger partial charge in [0.15, 0.2) is 0 Å². The van der Waals surface area contributed by atoms with Crippen molar-refractivity contribution >= 4 is 27.6 Å². The second kappa shape index (κ2) is 7.99. The number of esters is 2. The summed E-state index contributed by atoms with van der Waals surface area (Å²) in [5.41, 5.74) is 0.463. The highest BCUT2D eigenvalue weighted by Crippen LogP contribution is 2.28. The van der Waals surface area contributed by atoms with E-state index in [0.29, 0.717) is 5.69 Å². The lowest BCUT2D eigenvalue weighted by atomic mass is 10.1. The summed E-state index contributed by atoms with van der Waals surface area (Å²) in [7, 11) is -1.17. The monoisotopic (exact) mass is 404 g/mol. The maximum Gasteiger partial charge on any atom is 0.355 e. The molecule has 8 nitrogen and oxygen atoms in total. The minimum absolute atomic E-state index is 0.000709. The Morgan fingerprint density at radius 3 is 2.25 bits per heavy atom. The Morgan fingerprint density at radius 2 is 1.68 bits per heavy atom. The number of nitrogens with zero attached hydrogens (tertiary/aromatic N) is 1. The maximum atomic E-state index is 12.4. The fourth-order valence-electron chi connectivity index (χ4n) is 2.64. The van der Waals surface area contributed by atoms with Gasteiger partial charge in [-0.05, 0) is 49.3 Å². The van der Waals surface area contributed by atoms with Gasteiger partial charge in [-0.15, -0.1) is 0 Å². The highest BCUT2D eigenvalue weighted by atomic mass is 32.2. The van der Waals surface area contributed by atoms with Crippen molar-refractivity contribution in [3.05, 3.63) is 60.0 Å². The third-order valence-electron chi connectivity index (χ3n) is 4.21. The quantitative estimate of drug-likeness (QED) is 0.719. The molecule has 1 aromatic carbocycles. The van der Waals surface area contributed by atoms with E-state index in [1.54, 1.807) is 30.5 Å². The third-order valence-corrected chi connectivity index (χ3v) is 5.75. The normalized spacial score (nSPS) is 16.7. The molecule has 9 heteroatoms. The minimum atomic E-state index is -3.59. The summed E-state index contributed by atoms with van der Waals surface area (Å²) < 4.78 is 36.9. The molecule has 0 bridgehead atoms. The zero-order valence-corrected chi connectivity index (χ0v) is 16.2. The Balaban J connectivity index is 2.00. The number of rotatable bonds is 6. The van der Waals surface area contributed by atoms with Crippen LogP contribution in [0.2, 0.25) is 0 Å². The van der Waals surface area contributed by atoms with Crippen LogP contribution in [0.25, 0.3) is 0 Å². The first-order valence-corrected chi connectivity index (χ1v) is 10.0. The molecule has 1 aliphatic heterocycles. The van der Waals surface area contributed by atoms with Crippen molar-refractivity contribution in [2.45, 2.75) is 23.8 Å². The van der Waals surface area contributed by atoms with E-state index < -0.39 is 22.0 Å². The van der Waals surface area contributed by atoms with Gasteiger partial charge in [-0.25, -0.2) is 22.7 Å². The smallest absolute Gasteiger partial charge is 0.355 e. The molecule has 0 saturated heterocycles. The summed E-state index contributed by atoms with van der Waals surface area (Å²) >= 11 is 0. The van der Waals surface area contributed by atoms with Gasteiger partial charge in [-0.3, -0.25) is 0 Å². The van der Waals surface area contributed by atoms with Gasteiger partial charge in [0, 0.05) is 17.9 Å². The summed E-state index contributed by atoms with van der Waals surface area (Å²) in [5.74, 6) is -1.43. The van der Waals surface area contributed by atoms with Gasteiger partial charge >= 0.3 is 11.9 Å². The van der Waals surface area contributed by atoms with Crippen molar-refractivity contribution in [1.29, 1.82) is 0 Å². The number of hydrogen-bond donors (Lipinski definition) is 1. The molecule has 1 saturated carbocycles. The number of carbonyl (C=O) groups excluding carboxylic acids is 2. The van der Waals surface area contributed by atoms with Crippen molar-refractivity contribution in [2.75, 3.05) is 19.1 Å². The summed E-state index contributed by atoms with van der Waals surface area (Å²) in [4.78, 5) is 26.1. The molecule has 28 heavy (non-hydrogen) atoms. The van der Waals surface area contributed by atoms with E-state index in [1.807, 2.05) is 0 Å². The van der Waals surface area contributed by atoms with E-state index >= 15 is 0 Å². The minimum Gasteiger partial charge on any atom is -0.465 e. The van der Waals surface area contributed by atoms with E-state index in [2.05, 4.69) is 4.72 Å². The second-order valence-electron chi connectivity index (χ2n) is 6.21. The van der Waals surface area contributed by atoms with Crippen LogP contribution in [0.15, 0.2) is 64.9 Å². The number of anilines is 1. The summed E-state index contributed by atoms with van der Waals surface area (Å²) in [5, 5.41) is 0. The number of ether oxygens (including phenoxy) is 2. The third kappa shape index (κ3) is 4.15. The maximum absolute atomic E-state index is 12.4. The molecule has 0 atom stereocenters. The lowest BCUT2D eigenvalue weighted by Crippen LogP contribution is -2.27. The van der Waals surface area contributed by atoms with E-state index in [-0.39, 0.29) is 22.2 Å².